The van der Waals surface area contributed by atoms with Crippen LogP contribution in [0, 0.1) is 0 Å². The topological polar surface area (TPSA) is 76.5 Å². The number of hydrogen-bond donors (Lipinski definition) is 1. The van der Waals surface area contributed by atoms with Crippen LogP contribution >= 0.6 is 0 Å². The Balaban J connectivity index is 1.87. The predicted octanol–water partition coefficient (Wildman–Crippen LogP) is 1.81. The predicted molar refractivity (Wildman–Crippen MR) is 81.7 cm³/mol. The molecule has 1 saturated heterocycles. The molecule has 1 aromatic rings. The van der Waals surface area contributed by atoms with E-state index < -0.39 is 0 Å². The first-order chi connectivity index (χ1) is 10.5. The molecule has 0 bridgehead atoms. The van der Waals surface area contributed by atoms with E-state index in [0.29, 0.717) is 25.4 Å². The van der Waals surface area contributed by atoms with Crippen molar-refractivity contribution < 1.29 is 14.3 Å². The summed E-state index contributed by atoms with van der Waals surface area (Å²) in [6.45, 7) is 7.36. The summed E-state index contributed by atoms with van der Waals surface area (Å²) >= 11 is 0. The normalized spacial score (nSPS) is 15.9. The van der Waals surface area contributed by atoms with Crippen molar-refractivity contribution in [2.24, 2.45) is 0 Å². The van der Waals surface area contributed by atoms with E-state index in [9.17, 15) is 9.59 Å². The molecule has 0 aliphatic carbocycles. The van der Waals surface area contributed by atoms with Gasteiger partial charge in [0.05, 0.1) is 6.61 Å². The molecular weight excluding hydrogens is 284 g/mol. The quantitative estimate of drug-likeness (QED) is 0.920. The van der Waals surface area contributed by atoms with E-state index >= 15 is 0 Å². The van der Waals surface area contributed by atoms with E-state index in [2.05, 4.69) is 10.4 Å². The van der Waals surface area contributed by atoms with Crippen LogP contribution in [-0.4, -0.2) is 52.4 Å². The Morgan fingerprint density at radius 3 is 2.68 bits per heavy atom. The van der Waals surface area contributed by atoms with Gasteiger partial charge in [0.1, 0.15) is 5.69 Å². The third-order valence-corrected chi connectivity index (χ3v) is 3.75. The lowest BCUT2D eigenvalue weighted by atomic mass is 10.1. The van der Waals surface area contributed by atoms with Crippen molar-refractivity contribution in [3.8, 4) is 0 Å². The van der Waals surface area contributed by atoms with Gasteiger partial charge in [-0.1, -0.05) is 0 Å². The Bertz CT molecular complexity index is 519. The molecule has 1 aromatic heterocycles. The Kier molecular flexibility index (Phi) is 5.41. The molecule has 0 atom stereocenters. The highest BCUT2D eigenvalue weighted by Crippen LogP contribution is 2.13. The van der Waals surface area contributed by atoms with Gasteiger partial charge in [0.25, 0.3) is 5.91 Å². The van der Waals surface area contributed by atoms with Gasteiger partial charge in [-0.25, -0.2) is 4.79 Å². The molecule has 1 N–H and O–H groups in total. The van der Waals surface area contributed by atoms with Crippen LogP contribution < -0.4 is 5.32 Å². The summed E-state index contributed by atoms with van der Waals surface area (Å²) in [6.07, 6.45) is 2.84. The Hall–Kier alpha value is -2.05. The molecule has 2 heterocycles. The highest BCUT2D eigenvalue weighted by molar-refractivity contribution is 5.92. The molecule has 0 radical (unpaired) electrons. The van der Waals surface area contributed by atoms with E-state index in [1.807, 2.05) is 13.8 Å². The van der Waals surface area contributed by atoms with Crippen LogP contribution in [0.15, 0.2) is 12.3 Å². The minimum atomic E-state index is -0.273. The van der Waals surface area contributed by atoms with Crippen molar-refractivity contribution >= 4 is 12.0 Å². The number of amides is 2. The van der Waals surface area contributed by atoms with Crippen LogP contribution in [-0.2, 0) is 4.74 Å². The lowest BCUT2D eigenvalue weighted by Crippen LogP contribution is -2.47. The smallest absolute Gasteiger partial charge is 0.409 e. The number of carbonyl (C=O) groups is 2. The molecule has 122 valence electrons. The van der Waals surface area contributed by atoms with Crippen LogP contribution in [0.2, 0.25) is 0 Å². The van der Waals surface area contributed by atoms with Crippen molar-refractivity contribution in [2.45, 2.75) is 45.7 Å². The summed E-state index contributed by atoms with van der Waals surface area (Å²) in [5.74, 6) is -0.110. The van der Waals surface area contributed by atoms with Gasteiger partial charge in [-0.15, -0.1) is 0 Å². The Morgan fingerprint density at radius 2 is 2.09 bits per heavy atom. The zero-order chi connectivity index (χ0) is 16.1. The van der Waals surface area contributed by atoms with Gasteiger partial charge in [0, 0.05) is 31.4 Å². The second-order valence-electron chi connectivity index (χ2n) is 5.69. The lowest BCUT2D eigenvalue weighted by molar-refractivity contribution is 0.0851. The van der Waals surface area contributed by atoms with E-state index in [1.165, 1.54) is 0 Å². The van der Waals surface area contributed by atoms with Crippen molar-refractivity contribution in [1.29, 1.82) is 0 Å². The standard InChI is InChI=1S/C15H24N4O3/c1-4-22-15(21)18-9-6-12(7-10-18)17-14(20)13-5-8-16-19(13)11(2)3/h5,8,11-12H,4,6-7,9-10H2,1-3H3,(H,17,20). The van der Waals surface area contributed by atoms with E-state index in [4.69, 9.17) is 4.74 Å². The molecule has 0 spiro atoms. The van der Waals surface area contributed by atoms with Gasteiger partial charge >= 0.3 is 6.09 Å². The third kappa shape index (κ3) is 3.78. The number of carbonyl (C=O) groups excluding carboxylic acids is 2. The van der Waals surface area contributed by atoms with Crippen LogP contribution in [0.5, 0.6) is 0 Å². The number of likely N-dealkylation sites (tertiary alicyclic amines) is 1. The molecular formula is C15H24N4O3. The minimum absolute atomic E-state index is 0.0775. The van der Waals surface area contributed by atoms with E-state index in [0.717, 1.165) is 12.8 Å². The molecule has 0 saturated carbocycles. The van der Waals surface area contributed by atoms with Crippen LogP contribution in [0.4, 0.5) is 4.79 Å². The SMILES string of the molecule is CCOC(=O)N1CCC(NC(=O)c2ccnn2C(C)C)CC1. The largest absolute Gasteiger partial charge is 0.450 e. The van der Waals surface area contributed by atoms with Crippen molar-refractivity contribution in [3.05, 3.63) is 18.0 Å². The molecule has 7 heteroatoms. The van der Waals surface area contributed by atoms with Gasteiger partial charge in [-0.2, -0.15) is 5.10 Å². The maximum Gasteiger partial charge on any atom is 0.409 e. The summed E-state index contributed by atoms with van der Waals surface area (Å²) in [4.78, 5) is 25.7. The number of ether oxygens (including phenoxy) is 1. The van der Waals surface area contributed by atoms with Crippen LogP contribution in [0.3, 0.4) is 0 Å². The van der Waals surface area contributed by atoms with Crippen molar-refractivity contribution in [1.82, 2.24) is 20.0 Å². The average molecular weight is 308 g/mol. The number of hydrogen-bond acceptors (Lipinski definition) is 4. The van der Waals surface area contributed by atoms with Gasteiger partial charge < -0.3 is 15.0 Å². The van der Waals surface area contributed by atoms with Gasteiger partial charge in [-0.05, 0) is 39.7 Å². The zero-order valence-corrected chi connectivity index (χ0v) is 13.4. The van der Waals surface area contributed by atoms with E-state index in [1.54, 1.807) is 28.8 Å². The summed E-state index contributed by atoms with van der Waals surface area (Å²) in [6, 6.07) is 1.94. The molecule has 22 heavy (non-hydrogen) atoms. The van der Waals surface area contributed by atoms with Gasteiger partial charge in [-0.3, -0.25) is 9.48 Å². The van der Waals surface area contributed by atoms with Crippen molar-refractivity contribution in [2.75, 3.05) is 19.7 Å². The number of aromatic nitrogens is 2. The molecule has 7 nitrogen and oxygen atoms in total. The number of rotatable bonds is 4. The van der Waals surface area contributed by atoms with Gasteiger partial charge in [0.15, 0.2) is 0 Å². The first-order valence-electron chi connectivity index (χ1n) is 7.79. The molecule has 1 aliphatic heterocycles. The number of piperidine rings is 1. The van der Waals surface area contributed by atoms with Crippen LogP contribution in [0.25, 0.3) is 0 Å². The molecule has 0 unspecified atom stereocenters. The van der Waals surface area contributed by atoms with E-state index in [-0.39, 0.29) is 24.1 Å². The minimum Gasteiger partial charge on any atom is -0.450 e. The molecule has 0 aromatic carbocycles. The summed E-state index contributed by atoms with van der Waals surface area (Å²) < 4.78 is 6.70. The fraction of sp³-hybridized carbons (Fsp3) is 0.667. The third-order valence-electron chi connectivity index (χ3n) is 3.75. The second kappa shape index (κ2) is 7.29. The van der Waals surface area contributed by atoms with Gasteiger partial charge in [0.2, 0.25) is 0 Å². The highest BCUT2D eigenvalue weighted by atomic mass is 16.6. The fourth-order valence-corrected chi connectivity index (χ4v) is 2.59. The average Bonchev–Trinajstić information content (AvgIpc) is 2.98. The lowest BCUT2D eigenvalue weighted by Gasteiger charge is -2.31. The summed E-state index contributed by atoms with van der Waals surface area (Å²) in [5.41, 5.74) is 0.572. The number of nitrogens with one attached hydrogen (secondary N) is 1. The highest BCUT2D eigenvalue weighted by Gasteiger charge is 2.25. The summed E-state index contributed by atoms with van der Waals surface area (Å²) in [5, 5.41) is 7.20. The second-order valence-corrected chi connectivity index (χ2v) is 5.69. The molecule has 1 aliphatic rings. The molecule has 2 amide bonds. The first kappa shape index (κ1) is 16.3. The Labute approximate surface area is 130 Å². The van der Waals surface area contributed by atoms with Crippen LogP contribution in [0.1, 0.15) is 50.1 Å². The molecule has 2 rings (SSSR count). The zero-order valence-electron chi connectivity index (χ0n) is 13.4. The molecule has 1 fully saturated rings. The summed E-state index contributed by atoms with van der Waals surface area (Å²) in [7, 11) is 0. The maximum absolute atomic E-state index is 12.3. The maximum atomic E-state index is 12.3. The van der Waals surface area contributed by atoms with Crippen molar-refractivity contribution in [3.63, 3.8) is 0 Å². The first-order valence-corrected chi connectivity index (χ1v) is 7.79. The number of nitrogens with zero attached hydrogens (tertiary/aromatic N) is 3. The fourth-order valence-electron chi connectivity index (χ4n) is 2.59. The monoisotopic (exact) mass is 308 g/mol. The Morgan fingerprint density at radius 1 is 1.41 bits per heavy atom.